The van der Waals surface area contributed by atoms with E-state index in [1.54, 1.807) is 0 Å². The number of aliphatic hydroxyl groups is 1. The maximum atomic E-state index is 9.59. The fourth-order valence-electron chi connectivity index (χ4n) is 1.52. The Morgan fingerprint density at radius 2 is 1.85 bits per heavy atom. The zero-order valence-electron chi connectivity index (χ0n) is 8.40. The van der Waals surface area contributed by atoms with Crippen LogP contribution in [0, 0.1) is 5.92 Å². The quantitative estimate of drug-likeness (QED) is 0.751. The molecule has 0 saturated carbocycles. The SMILES string of the molecule is CC[C@H](O)[C@@H](C)Cc1ccccc1. The van der Waals surface area contributed by atoms with Crippen molar-refractivity contribution in [3.8, 4) is 0 Å². The standard InChI is InChI=1S/C12H18O/c1-3-12(13)10(2)9-11-7-5-4-6-8-11/h4-8,10,12-13H,3,9H2,1-2H3/t10-,12-/m0/s1. The molecule has 2 atom stereocenters. The van der Waals surface area contributed by atoms with Crippen molar-refractivity contribution < 1.29 is 5.11 Å². The van der Waals surface area contributed by atoms with Crippen LogP contribution in [0.25, 0.3) is 0 Å². The van der Waals surface area contributed by atoms with Crippen molar-refractivity contribution in [3.63, 3.8) is 0 Å². The lowest BCUT2D eigenvalue weighted by molar-refractivity contribution is 0.113. The van der Waals surface area contributed by atoms with Crippen molar-refractivity contribution in [3.05, 3.63) is 35.9 Å². The molecule has 0 saturated heterocycles. The van der Waals surface area contributed by atoms with E-state index in [-0.39, 0.29) is 6.10 Å². The van der Waals surface area contributed by atoms with E-state index in [1.165, 1.54) is 5.56 Å². The Morgan fingerprint density at radius 1 is 1.23 bits per heavy atom. The second-order valence-electron chi connectivity index (χ2n) is 3.64. The Balaban J connectivity index is 2.50. The third kappa shape index (κ3) is 3.19. The molecule has 72 valence electrons. The average molecular weight is 178 g/mol. The first kappa shape index (κ1) is 10.3. The van der Waals surface area contributed by atoms with E-state index >= 15 is 0 Å². The molecule has 0 unspecified atom stereocenters. The molecule has 0 bridgehead atoms. The Hall–Kier alpha value is -0.820. The van der Waals surface area contributed by atoms with E-state index < -0.39 is 0 Å². The second-order valence-corrected chi connectivity index (χ2v) is 3.64. The van der Waals surface area contributed by atoms with Crippen molar-refractivity contribution in [1.29, 1.82) is 0 Å². The maximum Gasteiger partial charge on any atom is 0.0566 e. The van der Waals surface area contributed by atoms with E-state index in [4.69, 9.17) is 0 Å². The Kier molecular flexibility index (Phi) is 3.97. The molecule has 0 aromatic heterocycles. The Labute approximate surface area is 80.4 Å². The van der Waals surface area contributed by atoms with Crippen LogP contribution < -0.4 is 0 Å². The fourth-order valence-corrected chi connectivity index (χ4v) is 1.52. The van der Waals surface area contributed by atoms with E-state index in [2.05, 4.69) is 19.1 Å². The van der Waals surface area contributed by atoms with Crippen LogP contribution in [0.15, 0.2) is 30.3 Å². The molecule has 0 spiro atoms. The number of benzene rings is 1. The van der Waals surface area contributed by atoms with Gasteiger partial charge in [-0.25, -0.2) is 0 Å². The lowest BCUT2D eigenvalue weighted by Crippen LogP contribution is -2.18. The summed E-state index contributed by atoms with van der Waals surface area (Å²) >= 11 is 0. The number of rotatable bonds is 4. The Bertz CT molecular complexity index is 230. The number of aliphatic hydroxyl groups excluding tert-OH is 1. The molecular formula is C12H18O. The van der Waals surface area contributed by atoms with Gasteiger partial charge < -0.3 is 5.11 Å². The predicted octanol–water partition coefficient (Wildman–Crippen LogP) is 2.64. The van der Waals surface area contributed by atoms with E-state index in [1.807, 2.05) is 25.1 Å². The minimum atomic E-state index is -0.166. The van der Waals surface area contributed by atoms with Crippen LogP contribution in [0.5, 0.6) is 0 Å². The van der Waals surface area contributed by atoms with Crippen LogP contribution in [0.3, 0.4) is 0 Å². The fraction of sp³-hybridized carbons (Fsp3) is 0.500. The molecule has 13 heavy (non-hydrogen) atoms. The molecule has 1 rings (SSSR count). The molecule has 1 nitrogen and oxygen atoms in total. The van der Waals surface area contributed by atoms with Gasteiger partial charge in [0.25, 0.3) is 0 Å². The maximum absolute atomic E-state index is 9.59. The topological polar surface area (TPSA) is 20.2 Å². The summed E-state index contributed by atoms with van der Waals surface area (Å²) in [6, 6.07) is 10.3. The molecule has 0 aliphatic heterocycles. The second kappa shape index (κ2) is 5.03. The minimum absolute atomic E-state index is 0.166. The summed E-state index contributed by atoms with van der Waals surface area (Å²) in [5.41, 5.74) is 1.31. The smallest absolute Gasteiger partial charge is 0.0566 e. The first-order valence-electron chi connectivity index (χ1n) is 4.96. The largest absolute Gasteiger partial charge is 0.393 e. The first-order valence-corrected chi connectivity index (χ1v) is 4.96. The Morgan fingerprint density at radius 3 is 2.38 bits per heavy atom. The number of hydrogen-bond acceptors (Lipinski definition) is 1. The summed E-state index contributed by atoms with van der Waals surface area (Å²) in [4.78, 5) is 0. The molecule has 0 aliphatic rings. The molecular weight excluding hydrogens is 160 g/mol. The van der Waals surface area contributed by atoms with Gasteiger partial charge in [0.2, 0.25) is 0 Å². The summed E-state index contributed by atoms with van der Waals surface area (Å²) in [6.07, 6.45) is 1.64. The van der Waals surface area contributed by atoms with Gasteiger partial charge in [0, 0.05) is 0 Å². The van der Waals surface area contributed by atoms with Gasteiger partial charge in [-0.15, -0.1) is 0 Å². The van der Waals surface area contributed by atoms with Crippen molar-refractivity contribution in [2.45, 2.75) is 32.8 Å². The van der Waals surface area contributed by atoms with Crippen molar-refractivity contribution in [2.24, 2.45) is 5.92 Å². The van der Waals surface area contributed by atoms with E-state index in [0.29, 0.717) is 5.92 Å². The highest BCUT2D eigenvalue weighted by Gasteiger charge is 2.11. The molecule has 1 heteroatoms. The van der Waals surface area contributed by atoms with Gasteiger partial charge in [0.05, 0.1) is 6.10 Å². The van der Waals surface area contributed by atoms with Gasteiger partial charge in [-0.05, 0) is 24.3 Å². The molecule has 1 N–H and O–H groups in total. The van der Waals surface area contributed by atoms with Crippen LogP contribution in [-0.4, -0.2) is 11.2 Å². The molecule has 1 aromatic rings. The zero-order chi connectivity index (χ0) is 9.68. The summed E-state index contributed by atoms with van der Waals surface area (Å²) in [5, 5.41) is 9.59. The monoisotopic (exact) mass is 178 g/mol. The molecule has 0 amide bonds. The van der Waals surface area contributed by atoms with Crippen LogP contribution in [0.2, 0.25) is 0 Å². The molecule has 0 aliphatic carbocycles. The van der Waals surface area contributed by atoms with Crippen LogP contribution >= 0.6 is 0 Å². The molecule has 0 heterocycles. The molecule has 1 aromatic carbocycles. The van der Waals surface area contributed by atoms with E-state index in [9.17, 15) is 5.11 Å². The minimum Gasteiger partial charge on any atom is -0.393 e. The van der Waals surface area contributed by atoms with Crippen molar-refractivity contribution in [2.75, 3.05) is 0 Å². The van der Waals surface area contributed by atoms with Gasteiger partial charge in [-0.1, -0.05) is 44.2 Å². The predicted molar refractivity (Wildman–Crippen MR) is 55.6 cm³/mol. The average Bonchev–Trinajstić information content (AvgIpc) is 2.18. The van der Waals surface area contributed by atoms with Crippen LogP contribution in [0.1, 0.15) is 25.8 Å². The summed E-state index contributed by atoms with van der Waals surface area (Å²) in [7, 11) is 0. The summed E-state index contributed by atoms with van der Waals surface area (Å²) in [6.45, 7) is 4.12. The zero-order valence-corrected chi connectivity index (χ0v) is 8.40. The molecule has 0 fully saturated rings. The summed E-state index contributed by atoms with van der Waals surface area (Å²) in [5.74, 6) is 0.354. The van der Waals surface area contributed by atoms with Gasteiger partial charge in [-0.2, -0.15) is 0 Å². The van der Waals surface area contributed by atoms with Crippen LogP contribution in [-0.2, 0) is 6.42 Å². The molecule has 0 radical (unpaired) electrons. The van der Waals surface area contributed by atoms with Gasteiger partial charge in [0.15, 0.2) is 0 Å². The van der Waals surface area contributed by atoms with Gasteiger partial charge in [-0.3, -0.25) is 0 Å². The highest BCUT2D eigenvalue weighted by molar-refractivity contribution is 5.15. The highest BCUT2D eigenvalue weighted by Crippen LogP contribution is 2.13. The normalized spacial score (nSPS) is 15.3. The van der Waals surface area contributed by atoms with Crippen molar-refractivity contribution in [1.82, 2.24) is 0 Å². The summed E-state index contributed by atoms with van der Waals surface area (Å²) < 4.78 is 0. The highest BCUT2D eigenvalue weighted by atomic mass is 16.3. The van der Waals surface area contributed by atoms with Gasteiger partial charge >= 0.3 is 0 Å². The van der Waals surface area contributed by atoms with Gasteiger partial charge in [0.1, 0.15) is 0 Å². The first-order chi connectivity index (χ1) is 6.24. The third-order valence-corrected chi connectivity index (χ3v) is 2.48. The van der Waals surface area contributed by atoms with Crippen molar-refractivity contribution >= 4 is 0 Å². The third-order valence-electron chi connectivity index (χ3n) is 2.48. The number of hydrogen-bond donors (Lipinski definition) is 1. The van der Waals surface area contributed by atoms with E-state index in [0.717, 1.165) is 12.8 Å². The lowest BCUT2D eigenvalue weighted by Gasteiger charge is -2.16. The van der Waals surface area contributed by atoms with Crippen LogP contribution in [0.4, 0.5) is 0 Å². The lowest BCUT2D eigenvalue weighted by atomic mass is 9.95.